The van der Waals surface area contributed by atoms with Crippen LogP contribution in [0.5, 0.6) is 5.75 Å². The third-order valence-electron chi connectivity index (χ3n) is 5.09. The molecule has 7 nitrogen and oxygen atoms in total. The Morgan fingerprint density at radius 1 is 1.04 bits per heavy atom. The fourth-order valence-corrected chi connectivity index (χ4v) is 4.18. The fraction of sp³-hybridized carbons (Fsp3) is 0.350. The van der Waals surface area contributed by atoms with Gasteiger partial charge in [-0.2, -0.15) is 8.42 Å². The van der Waals surface area contributed by atoms with Crippen molar-refractivity contribution in [3.05, 3.63) is 53.6 Å². The van der Waals surface area contributed by atoms with E-state index in [4.69, 9.17) is 10.5 Å². The van der Waals surface area contributed by atoms with Gasteiger partial charge in [-0.3, -0.25) is 0 Å². The lowest BCUT2D eigenvalue weighted by molar-refractivity contribution is 0.382. The van der Waals surface area contributed by atoms with E-state index in [-0.39, 0.29) is 10.9 Å². The number of guanidine groups is 1. The minimum Gasteiger partial charge on any atom is -0.497 e. The van der Waals surface area contributed by atoms with Crippen molar-refractivity contribution >= 4 is 21.7 Å². The molecule has 0 saturated carbocycles. The molecule has 2 aromatic rings. The van der Waals surface area contributed by atoms with Crippen molar-refractivity contribution < 1.29 is 13.2 Å². The highest BCUT2D eigenvalue weighted by Crippen LogP contribution is 2.24. The standard InChI is InChI=1S/C20H26N4O3S/c1-15-5-4-6-19(16(15)2)23-11-13-24(14-12-23)20(21)22-28(25,26)18-9-7-17(27-3)8-10-18/h4-10H,11-14H2,1-3H3,(H2,21,22). The molecule has 0 atom stereocenters. The first kappa shape index (κ1) is 20.0. The summed E-state index contributed by atoms with van der Waals surface area (Å²) in [6.07, 6.45) is 0. The molecule has 1 saturated heterocycles. The molecular weight excluding hydrogens is 376 g/mol. The minimum absolute atomic E-state index is 0.0245. The van der Waals surface area contributed by atoms with E-state index in [1.54, 1.807) is 12.1 Å². The zero-order valence-corrected chi connectivity index (χ0v) is 17.2. The number of hydrogen-bond donors (Lipinski definition) is 1. The molecule has 0 aromatic heterocycles. The number of piperazine rings is 1. The van der Waals surface area contributed by atoms with E-state index in [1.165, 1.54) is 36.1 Å². The van der Waals surface area contributed by atoms with Crippen LogP contribution in [0.2, 0.25) is 0 Å². The SMILES string of the molecule is COc1ccc(S(=O)(=O)N=C(N)N2CCN(c3cccc(C)c3C)CC2)cc1. The molecule has 2 N–H and O–H groups in total. The van der Waals surface area contributed by atoms with Gasteiger partial charge in [0.05, 0.1) is 12.0 Å². The first-order valence-electron chi connectivity index (χ1n) is 9.12. The topological polar surface area (TPSA) is 88.2 Å². The van der Waals surface area contributed by atoms with Crippen molar-refractivity contribution in [2.45, 2.75) is 18.7 Å². The Morgan fingerprint density at radius 3 is 2.29 bits per heavy atom. The van der Waals surface area contributed by atoms with Gasteiger partial charge in [0.15, 0.2) is 0 Å². The predicted molar refractivity (Wildman–Crippen MR) is 112 cm³/mol. The molecule has 0 spiro atoms. The van der Waals surface area contributed by atoms with E-state index >= 15 is 0 Å². The minimum atomic E-state index is -3.86. The van der Waals surface area contributed by atoms with Gasteiger partial charge in [0.2, 0.25) is 5.96 Å². The Labute approximate surface area is 166 Å². The molecule has 0 bridgehead atoms. The molecule has 1 aliphatic rings. The molecule has 1 heterocycles. The van der Waals surface area contributed by atoms with E-state index in [0.717, 1.165) is 13.1 Å². The summed E-state index contributed by atoms with van der Waals surface area (Å²) < 4.78 is 33.9. The van der Waals surface area contributed by atoms with Crippen LogP contribution in [0.25, 0.3) is 0 Å². The van der Waals surface area contributed by atoms with Crippen LogP contribution >= 0.6 is 0 Å². The lowest BCUT2D eigenvalue weighted by atomic mass is 10.1. The normalized spacial score (nSPS) is 15.6. The largest absolute Gasteiger partial charge is 0.497 e. The number of nitrogens with two attached hydrogens (primary N) is 1. The van der Waals surface area contributed by atoms with E-state index in [9.17, 15) is 8.42 Å². The first-order valence-corrected chi connectivity index (χ1v) is 10.6. The summed E-state index contributed by atoms with van der Waals surface area (Å²) in [5.41, 5.74) is 9.75. The first-order chi connectivity index (χ1) is 13.3. The number of anilines is 1. The number of hydrogen-bond acceptors (Lipinski definition) is 4. The van der Waals surface area contributed by atoms with Crippen molar-refractivity contribution in [3.8, 4) is 5.75 Å². The molecule has 1 aliphatic heterocycles. The van der Waals surface area contributed by atoms with Crippen LogP contribution in [0, 0.1) is 13.8 Å². The van der Waals surface area contributed by atoms with Crippen LogP contribution in [0.1, 0.15) is 11.1 Å². The van der Waals surface area contributed by atoms with E-state index in [1.807, 2.05) is 4.90 Å². The maximum absolute atomic E-state index is 12.5. The molecule has 3 rings (SSSR count). The maximum atomic E-state index is 12.5. The van der Waals surface area contributed by atoms with Gasteiger partial charge in [0.25, 0.3) is 10.0 Å². The van der Waals surface area contributed by atoms with E-state index in [2.05, 4.69) is 41.3 Å². The average molecular weight is 403 g/mol. The van der Waals surface area contributed by atoms with Crippen molar-refractivity contribution in [2.24, 2.45) is 10.1 Å². The van der Waals surface area contributed by atoms with Gasteiger partial charge < -0.3 is 20.3 Å². The molecule has 2 aromatic carbocycles. The summed E-state index contributed by atoms with van der Waals surface area (Å²) in [5.74, 6) is 0.606. The highest BCUT2D eigenvalue weighted by Gasteiger charge is 2.22. The Morgan fingerprint density at radius 2 is 1.68 bits per heavy atom. The zero-order valence-electron chi connectivity index (χ0n) is 16.4. The zero-order chi connectivity index (χ0) is 20.3. The van der Waals surface area contributed by atoms with Crippen LogP contribution < -0.4 is 15.4 Å². The van der Waals surface area contributed by atoms with Gasteiger partial charge in [0, 0.05) is 31.9 Å². The lowest BCUT2D eigenvalue weighted by Gasteiger charge is -2.37. The lowest BCUT2D eigenvalue weighted by Crippen LogP contribution is -2.51. The Hall–Kier alpha value is -2.74. The summed E-state index contributed by atoms with van der Waals surface area (Å²) in [6, 6.07) is 12.4. The van der Waals surface area contributed by atoms with Crippen molar-refractivity contribution in [3.63, 3.8) is 0 Å². The average Bonchev–Trinajstić information content (AvgIpc) is 2.70. The maximum Gasteiger partial charge on any atom is 0.285 e. The Kier molecular flexibility index (Phi) is 5.79. The summed E-state index contributed by atoms with van der Waals surface area (Å²) in [6.45, 7) is 6.95. The number of sulfonamides is 1. The summed E-state index contributed by atoms with van der Waals surface area (Å²) in [4.78, 5) is 4.19. The predicted octanol–water partition coefficient (Wildman–Crippen LogP) is 2.14. The Balaban J connectivity index is 1.70. The van der Waals surface area contributed by atoms with Gasteiger partial charge in [-0.25, -0.2) is 0 Å². The number of aryl methyl sites for hydroxylation is 1. The molecular formula is C20H26N4O3S. The summed E-state index contributed by atoms with van der Waals surface area (Å²) in [5, 5.41) is 0. The molecule has 0 amide bonds. The van der Waals surface area contributed by atoms with E-state index in [0.29, 0.717) is 18.8 Å². The smallest absolute Gasteiger partial charge is 0.285 e. The fourth-order valence-electron chi connectivity index (χ4n) is 3.24. The molecule has 0 aliphatic carbocycles. The van der Waals surface area contributed by atoms with Crippen LogP contribution in [0.4, 0.5) is 5.69 Å². The van der Waals surface area contributed by atoms with Gasteiger partial charge in [-0.15, -0.1) is 4.40 Å². The van der Waals surface area contributed by atoms with Crippen LogP contribution in [0.3, 0.4) is 0 Å². The van der Waals surface area contributed by atoms with Crippen molar-refractivity contribution in [1.82, 2.24) is 4.90 Å². The Bertz CT molecular complexity index is 963. The van der Waals surface area contributed by atoms with Gasteiger partial charge in [0.1, 0.15) is 5.75 Å². The third-order valence-corrected chi connectivity index (χ3v) is 6.39. The summed E-state index contributed by atoms with van der Waals surface area (Å²) in [7, 11) is -2.33. The van der Waals surface area contributed by atoms with E-state index < -0.39 is 10.0 Å². The quantitative estimate of drug-likeness (QED) is 0.623. The summed E-state index contributed by atoms with van der Waals surface area (Å²) >= 11 is 0. The molecule has 28 heavy (non-hydrogen) atoms. The highest BCUT2D eigenvalue weighted by atomic mass is 32.2. The van der Waals surface area contributed by atoms with Crippen LogP contribution in [-0.2, 0) is 10.0 Å². The number of ether oxygens (including phenoxy) is 1. The van der Waals surface area contributed by atoms with Crippen molar-refractivity contribution in [1.29, 1.82) is 0 Å². The number of nitrogens with zero attached hydrogens (tertiary/aromatic N) is 3. The highest BCUT2D eigenvalue weighted by molar-refractivity contribution is 7.90. The second kappa shape index (κ2) is 8.10. The van der Waals surface area contributed by atoms with Gasteiger partial charge in [-0.1, -0.05) is 12.1 Å². The molecule has 0 radical (unpaired) electrons. The molecule has 8 heteroatoms. The second-order valence-corrected chi connectivity index (χ2v) is 8.40. The second-order valence-electron chi connectivity index (χ2n) is 6.79. The van der Waals surface area contributed by atoms with Crippen LogP contribution in [-0.4, -0.2) is 52.6 Å². The van der Waals surface area contributed by atoms with Gasteiger partial charge >= 0.3 is 0 Å². The van der Waals surface area contributed by atoms with Crippen molar-refractivity contribution in [2.75, 3.05) is 38.2 Å². The number of benzene rings is 2. The number of methoxy groups -OCH3 is 1. The molecule has 0 unspecified atom stereocenters. The molecule has 150 valence electrons. The monoisotopic (exact) mass is 402 g/mol. The third kappa shape index (κ3) is 4.22. The number of rotatable bonds is 4. The molecule has 1 fully saturated rings. The van der Waals surface area contributed by atoms with Gasteiger partial charge in [-0.05, 0) is 55.3 Å². The van der Waals surface area contributed by atoms with Crippen LogP contribution in [0.15, 0.2) is 51.8 Å².